The van der Waals surface area contributed by atoms with Gasteiger partial charge in [-0.05, 0) is 60.7 Å². The molecule has 2 fully saturated rings. The second-order valence-electron chi connectivity index (χ2n) is 8.63. The summed E-state index contributed by atoms with van der Waals surface area (Å²) >= 11 is 12.4. The summed E-state index contributed by atoms with van der Waals surface area (Å²) in [5.74, 6) is 1.86. The van der Waals surface area contributed by atoms with Crippen LogP contribution in [0.15, 0.2) is 42.5 Å². The highest BCUT2D eigenvalue weighted by Gasteiger charge is 2.52. The van der Waals surface area contributed by atoms with Crippen LogP contribution in [0.2, 0.25) is 5.02 Å². The molecule has 3 unspecified atom stereocenters. The van der Waals surface area contributed by atoms with Crippen LogP contribution in [0, 0.1) is 5.92 Å². The molecule has 0 amide bonds. The first-order chi connectivity index (χ1) is 15.5. The predicted molar refractivity (Wildman–Crippen MR) is 128 cm³/mol. The van der Waals surface area contributed by atoms with Gasteiger partial charge in [-0.25, -0.2) is 0 Å². The number of carbonyl (C=O) groups is 1. The second-order valence-corrected chi connectivity index (χ2v) is 9.41. The van der Waals surface area contributed by atoms with E-state index < -0.39 is 10.9 Å². The minimum absolute atomic E-state index is 0.0264. The van der Waals surface area contributed by atoms with E-state index in [0.717, 1.165) is 12.0 Å². The van der Waals surface area contributed by atoms with Gasteiger partial charge in [0, 0.05) is 28.7 Å². The van der Waals surface area contributed by atoms with Crippen LogP contribution in [0.1, 0.15) is 56.2 Å². The number of halogens is 2. The third-order valence-electron chi connectivity index (χ3n) is 6.65. The molecule has 2 N–H and O–H groups in total. The van der Waals surface area contributed by atoms with Gasteiger partial charge in [-0.2, -0.15) is 0 Å². The smallest absolute Gasteiger partial charge is 0.261 e. The van der Waals surface area contributed by atoms with E-state index in [4.69, 9.17) is 32.7 Å². The minimum atomic E-state index is -1.27. The fourth-order valence-electron chi connectivity index (χ4n) is 5.11. The lowest BCUT2D eigenvalue weighted by Gasteiger charge is -2.29. The van der Waals surface area contributed by atoms with E-state index >= 15 is 0 Å². The van der Waals surface area contributed by atoms with Gasteiger partial charge in [0.05, 0.1) is 13.7 Å². The van der Waals surface area contributed by atoms with Crippen molar-refractivity contribution in [2.45, 2.75) is 56.8 Å². The molecule has 5 nitrogen and oxygen atoms in total. The number of carbonyl (C=O) groups excluding carboxylic acids is 1. The van der Waals surface area contributed by atoms with Gasteiger partial charge < -0.3 is 9.47 Å². The Labute approximate surface area is 199 Å². The molecule has 2 aromatic carbocycles. The Balaban J connectivity index is 1.76. The van der Waals surface area contributed by atoms with Crippen LogP contribution in [0.25, 0.3) is 0 Å². The molecule has 1 aliphatic carbocycles. The third-order valence-corrected chi connectivity index (χ3v) is 7.19. The van der Waals surface area contributed by atoms with Gasteiger partial charge in [0.15, 0.2) is 5.66 Å². The lowest BCUT2D eigenvalue weighted by Crippen LogP contribution is -2.52. The van der Waals surface area contributed by atoms with Crippen LogP contribution in [-0.2, 0) is 10.5 Å². The van der Waals surface area contributed by atoms with E-state index in [1.54, 1.807) is 13.2 Å². The van der Waals surface area contributed by atoms with Crippen molar-refractivity contribution in [1.82, 2.24) is 10.6 Å². The zero-order valence-corrected chi connectivity index (χ0v) is 20.0. The van der Waals surface area contributed by atoms with Gasteiger partial charge in [-0.3, -0.25) is 15.4 Å². The average molecular weight is 477 g/mol. The summed E-state index contributed by atoms with van der Waals surface area (Å²) in [6, 6.07) is 13.2. The molecule has 1 saturated carbocycles. The topological polar surface area (TPSA) is 59.6 Å². The van der Waals surface area contributed by atoms with Crippen molar-refractivity contribution in [3.8, 4) is 11.5 Å². The standard InChI is InChI=1S/C25H30Cl2N2O3/c1-3-32-22-15-19(31-2)12-13-20(22)25(24(27)30)28-21(14-16-6-4-5-7-16)23(29-25)17-8-10-18(26)11-9-17/h8-13,15-16,21,23,28-29H,3-7,14H2,1-2H3. The summed E-state index contributed by atoms with van der Waals surface area (Å²) in [5.41, 5.74) is 0.454. The Morgan fingerprint density at radius 2 is 1.84 bits per heavy atom. The van der Waals surface area contributed by atoms with Crippen molar-refractivity contribution in [3.05, 3.63) is 58.6 Å². The Hall–Kier alpha value is -1.79. The van der Waals surface area contributed by atoms with E-state index in [-0.39, 0.29) is 12.1 Å². The summed E-state index contributed by atoms with van der Waals surface area (Å²) in [7, 11) is 1.60. The molecule has 0 radical (unpaired) electrons. The third kappa shape index (κ3) is 4.62. The average Bonchev–Trinajstić information content (AvgIpc) is 3.43. The number of benzene rings is 2. The molecule has 4 rings (SSSR count). The molecular formula is C25H30Cl2N2O3. The van der Waals surface area contributed by atoms with Crippen molar-refractivity contribution < 1.29 is 14.3 Å². The molecule has 2 aliphatic rings. The number of nitrogens with one attached hydrogen (secondary N) is 2. The molecule has 3 atom stereocenters. The molecule has 0 bridgehead atoms. The van der Waals surface area contributed by atoms with E-state index in [1.807, 2.05) is 43.3 Å². The molecule has 2 aromatic rings. The zero-order chi connectivity index (χ0) is 22.7. The van der Waals surface area contributed by atoms with Crippen molar-refractivity contribution >= 4 is 28.4 Å². The first-order valence-corrected chi connectivity index (χ1v) is 12.0. The predicted octanol–water partition coefficient (Wildman–Crippen LogP) is 5.55. The first-order valence-electron chi connectivity index (χ1n) is 11.3. The molecule has 172 valence electrons. The zero-order valence-electron chi connectivity index (χ0n) is 18.5. The summed E-state index contributed by atoms with van der Waals surface area (Å²) in [4.78, 5) is 13.0. The van der Waals surface area contributed by atoms with Crippen LogP contribution < -0.4 is 20.1 Å². The summed E-state index contributed by atoms with van der Waals surface area (Å²) < 4.78 is 11.3. The highest BCUT2D eigenvalue weighted by atomic mass is 35.5. The van der Waals surface area contributed by atoms with Gasteiger partial charge in [-0.1, -0.05) is 49.4 Å². The first kappa shape index (κ1) is 23.4. The Kier molecular flexibility index (Phi) is 7.30. The molecule has 32 heavy (non-hydrogen) atoms. The molecule has 1 aliphatic heterocycles. The number of rotatable bonds is 8. The van der Waals surface area contributed by atoms with E-state index in [2.05, 4.69) is 10.6 Å². The van der Waals surface area contributed by atoms with Gasteiger partial charge in [0.2, 0.25) is 0 Å². The molecule has 1 heterocycles. The van der Waals surface area contributed by atoms with Gasteiger partial charge in [0.1, 0.15) is 11.5 Å². The number of ether oxygens (including phenoxy) is 2. The fraction of sp³-hybridized carbons (Fsp3) is 0.480. The Morgan fingerprint density at radius 3 is 2.47 bits per heavy atom. The largest absolute Gasteiger partial charge is 0.497 e. The van der Waals surface area contributed by atoms with Crippen LogP contribution in [0.4, 0.5) is 0 Å². The van der Waals surface area contributed by atoms with E-state index in [1.165, 1.54) is 25.7 Å². The van der Waals surface area contributed by atoms with Crippen LogP contribution in [-0.4, -0.2) is 25.0 Å². The van der Waals surface area contributed by atoms with Crippen molar-refractivity contribution in [2.24, 2.45) is 5.92 Å². The molecule has 1 saturated heterocycles. The number of hydrogen-bond donors (Lipinski definition) is 2. The fourth-order valence-corrected chi connectivity index (χ4v) is 5.45. The van der Waals surface area contributed by atoms with Crippen molar-refractivity contribution in [2.75, 3.05) is 13.7 Å². The monoisotopic (exact) mass is 476 g/mol. The molecule has 7 heteroatoms. The molecule has 0 aromatic heterocycles. The summed E-state index contributed by atoms with van der Waals surface area (Å²) in [6.07, 6.45) is 5.94. The number of methoxy groups -OCH3 is 1. The second kappa shape index (κ2) is 10.0. The molecule has 0 spiro atoms. The van der Waals surface area contributed by atoms with Crippen LogP contribution in [0.5, 0.6) is 11.5 Å². The van der Waals surface area contributed by atoms with Crippen LogP contribution in [0.3, 0.4) is 0 Å². The summed E-state index contributed by atoms with van der Waals surface area (Å²) in [5, 5.41) is 7.32. The van der Waals surface area contributed by atoms with Crippen molar-refractivity contribution in [3.63, 3.8) is 0 Å². The van der Waals surface area contributed by atoms with E-state index in [9.17, 15) is 4.79 Å². The molecular weight excluding hydrogens is 447 g/mol. The maximum atomic E-state index is 13.0. The normalized spacial score (nSPS) is 25.8. The van der Waals surface area contributed by atoms with Gasteiger partial charge >= 0.3 is 0 Å². The minimum Gasteiger partial charge on any atom is -0.497 e. The lowest BCUT2D eigenvalue weighted by molar-refractivity contribution is -0.118. The quantitative estimate of drug-likeness (QED) is 0.489. The van der Waals surface area contributed by atoms with Gasteiger partial charge in [0.25, 0.3) is 5.24 Å². The Bertz CT molecular complexity index is 947. The number of hydrogen-bond acceptors (Lipinski definition) is 5. The van der Waals surface area contributed by atoms with Crippen molar-refractivity contribution in [1.29, 1.82) is 0 Å². The summed E-state index contributed by atoms with van der Waals surface area (Å²) in [6.45, 7) is 2.37. The highest BCUT2D eigenvalue weighted by Crippen LogP contribution is 2.43. The van der Waals surface area contributed by atoms with Gasteiger partial charge in [-0.15, -0.1) is 0 Å². The SMILES string of the molecule is CCOc1cc(OC)ccc1C1(C(=O)Cl)NC(CC2CCCC2)C(c2ccc(Cl)cc2)N1. The Morgan fingerprint density at radius 1 is 1.12 bits per heavy atom. The highest BCUT2D eigenvalue weighted by molar-refractivity contribution is 6.65. The van der Waals surface area contributed by atoms with Crippen LogP contribution >= 0.6 is 23.2 Å². The maximum Gasteiger partial charge on any atom is 0.261 e. The lowest BCUT2D eigenvalue weighted by atomic mass is 9.91. The van der Waals surface area contributed by atoms with E-state index in [0.29, 0.717) is 34.6 Å². The maximum absolute atomic E-state index is 13.0.